The molecule has 0 aromatic heterocycles. The average molecular weight is 193 g/mol. The van der Waals surface area contributed by atoms with Gasteiger partial charge in [0.2, 0.25) is 0 Å². The number of benzene rings is 1. The van der Waals surface area contributed by atoms with Crippen LogP contribution in [0.4, 0.5) is 4.39 Å². The van der Waals surface area contributed by atoms with Crippen molar-refractivity contribution < 1.29 is 4.39 Å². The minimum Gasteiger partial charge on any atom is -0.316 e. The quantitative estimate of drug-likeness (QED) is 0.666. The van der Waals surface area contributed by atoms with Gasteiger partial charge in [0.25, 0.3) is 0 Å². The fourth-order valence-corrected chi connectivity index (χ4v) is 2.25. The Kier molecular flexibility index (Phi) is 2.31. The van der Waals surface area contributed by atoms with E-state index in [1.807, 2.05) is 6.07 Å². The van der Waals surface area contributed by atoms with E-state index in [2.05, 4.69) is 19.2 Å². The molecule has 0 spiro atoms. The van der Waals surface area contributed by atoms with Crippen LogP contribution in [0, 0.1) is 5.82 Å². The van der Waals surface area contributed by atoms with Crippen molar-refractivity contribution in [3.05, 3.63) is 35.1 Å². The molecule has 0 aliphatic carbocycles. The van der Waals surface area contributed by atoms with Gasteiger partial charge in [0.1, 0.15) is 5.82 Å². The fraction of sp³-hybridized carbons (Fsp3) is 0.500. The lowest BCUT2D eigenvalue weighted by molar-refractivity contribution is 0.461. The molecule has 76 valence electrons. The van der Waals surface area contributed by atoms with Crippen molar-refractivity contribution >= 4 is 0 Å². The molecule has 1 aromatic carbocycles. The van der Waals surface area contributed by atoms with Gasteiger partial charge in [-0.15, -0.1) is 0 Å². The van der Waals surface area contributed by atoms with Gasteiger partial charge in [-0.1, -0.05) is 26.0 Å². The van der Waals surface area contributed by atoms with Crippen LogP contribution >= 0.6 is 0 Å². The van der Waals surface area contributed by atoms with E-state index in [0.29, 0.717) is 0 Å². The third-order valence-corrected chi connectivity index (χ3v) is 2.91. The van der Waals surface area contributed by atoms with E-state index in [1.165, 1.54) is 0 Å². The second-order valence-corrected chi connectivity index (χ2v) is 4.58. The van der Waals surface area contributed by atoms with Crippen molar-refractivity contribution in [1.82, 2.24) is 5.32 Å². The maximum Gasteiger partial charge on any atom is 0.127 e. The number of fused-ring (bicyclic) bond motifs is 1. The summed E-state index contributed by atoms with van der Waals surface area (Å²) in [6, 6.07) is 5.40. The molecule has 1 N–H and O–H groups in total. The third-order valence-electron chi connectivity index (χ3n) is 2.91. The average Bonchev–Trinajstić information content (AvgIpc) is 2.25. The van der Waals surface area contributed by atoms with E-state index in [0.717, 1.165) is 30.6 Å². The first-order valence-corrected chi connectivity index (χ1v) is 5.10. The van der Waals surface area contributed by atoms with Gasteiger partial charge in [0.15, 0.2) is 0 Å². The van der Waals surface area contributed by atoms with Crippen LogP contribution < -0.4 is 5.32 Å². The standard InChI is InChI=1S/C12H16FN/c1-12(2)8-14-7-6-9-4-3-5-10(13)11(9)12/h3-5,14H,6-8H2,1-2H3. The molecule has 2 heteroatoms. The highest BCUT2D eigenvalue weighted by atomic mass is 19.1. The number of hydrogen-bond donors (Lipinski definition) is 1. The van der Waals surface area contributed by atoms with Gasteiger partial charge in [-0.3, -0.25) is 0 Å². The molecular weight excluding hydrogens is 177 g/mol. The molecule has 2 rings (SSSR count). The second kappa shape index (κ2) is 3.35. The Balaban J connectivity index is 2.58. The summed E-state index contributed by atoms with van der Waals surface area (Å²) >= 11 is 0. The zero-order chi connectivity index (χ0) is 10.2. The van der Waals surface area contributed by atoms with E-state index >= 15 is 0 Å². The summed E-state index contributed by atoms with van der Waals surface area (Å²) in [4.78, 5) is 0. The van der Waals surface area contributed by atoms with Gasteiger partial charge in [-0.05, 0) is 30.2 Å². The molecule has 0 fully saturated rings. The van der Waals surface area contributed by atoms with E-state index in [4.69, 9.17) is 0 Å². The van der Waals surface area contributed by atoms with Crippen LogP contribution in [-0.4, -0.2) is 13.1 Å². The Hall–Kier alpha value is -0.890. The topological polar surface area (TPSA) is 12.0 Å². The second-order valence-electron chi connectivity index (χ2n) is 4.58. The molecule has 14 heavy (non-hydrogen) atoms. The summed E-state index contributed by atoms with van der Waals surface area (Å²) < 4.78 is 13.7. The Morgan fingerprint density at radius 2 is 2.14 bits per heavy atom. The molecule has 0 radical (unpaired) electrons. The zero-order valence-electron chi connectivity index (χ0n) is 8.73. The summed E-state index contributed by atoms with van der Waals surface area (Å²) in [5.74, 6) is -0.0591. The van der Waals surface area contributed by atoms with Crippen molar-refractivity contribution in [2.45, 2.75) is 25.7 Å². The monoisotopic (exact) mass is 193 g/mol. The number of halogens is 1. The highest BCUT2D eigenvalue weighted by molar-refractivity contribution is 5.36. The summed E-state index contributed by atoms with van der Waals surface area (Å²) in [6.07, 6.45) is 0.927. The van der Waals surface area contributed by atoms with Crippen molar-refractivity contribution in [3.63, 3.8) is 0 Å². The lowest BCUT2D eigenvalue weighted by Gasteiger charge is -2.25. The van der Waals surface area contributed by atoms with Gasteiger partial charge >= 0.3 is 0 Å². The summed E-state index contributed by atoms with van der Waals surface area (Å²) in [5.41, 5.74) is 1.95. The minimum atomic E-state index is -0.100. The van der Waals surface area contributed by atoms with E-state index in [-0.39, 0.29) is 11.2 Å². The Bertz CT molecular complexity index is 344. The molecule has 0 amide bonds. The van der Waals surface area contributed by atoms with Crippen LogP contribution in [0.2, 0.25) is 0 Å². The first-order chi connectivity index (χ1) is 6.61. The van der Waals surface area contributed by atoms with Gasteiger partial charge in [0, 0.05) is 12.0 Å². The van der Waals surface area contributed by atoms with Gasteiger partial charge < -0.3 is 5.32 Å². The largest absolute Gasteiger partial charge is 0.316 e. The highest BCUT2D eigenvalue weighted by Gasteiger charge is 2.28. The van der Waals surface area contributed by atoms with Crippen molar-refractivity contribution in [2.24, 2.45) is 0 Å². The highest BCUT2D eigenvalue weighted by Crippen LogP contribution is 2.30. The fourth-order valence-electron chi connectivity index (χ4n) is 2.25. The molecule has 0 bridgehead atoms. The van der Waals surface area contributed by atoms with E-state index < -0.39 is 0 Å². The first kappa shape index (κ1) is 9.66. The van der Waals surface area contributed by atoms with Crippen molar-refractivity contribution in [1.29, 1.82) is 0 Å². The lowest BCUT2D eigenvalue weighted by atomic mass is 9.81. The Morgan fingerprint density at radius 3 is 2.93 bits per heavy atom. The van der Waals surface area contributed by atoms with Crippen LogP contribution in [0.15, 0.2) is 18.2 Å². The van der Waals surface area contributed by atoms with E-state index in [1.54, 1.807) is 12.1 Å². The lowest BCUT2D eigenvalue weighted by Crippen LogP contribution is -2.32. The molecule has 0 unspecified atom stereocenters. The molecule has 1 aromatic rings. The van der Waals surface area contributed by atoms with Gasteiger partial charge in [0.05, 0.1) is 0 Å². The SMILES string of the molecule is CC1(C)CNCCc2cccc(F)c21. The summed E-state index contributed by atoms with van der Waals surface area (Å²) in [6.45, 7) is 5.97. The van der Waals surface area contributed by atoms with Crippen LogP contribution in [0.25, 0.3) is 0 Å². The molecule has 0 atom stereocenters. The maximum absolute atomic E-state index is 13.7. The normalized spacial score (nSPS) is 19.9. The van der Waals surface area contributed by atoms with Gasteiger partial charge in [-0.25, -0.2) is 4.39 Å². The molecule has 1 nitrogen and oxygen atoms in total. The smallest absolute Gasteiger partial charge is 0.127 e. The molecular formula is C12H16FN. The van der Waals surface area contributed by atoms with Gasteiger partial charge in [-0.2, -0.15) is 0 Å². The number of nitrogens with one attached hydrogen (secondary N) is 1. The van der Waals surface area contributed by atoms with Crippen LogP contribution in [0.3, 0.4) is 0 Å². The predicted molar refractivity (Wildman–Crippen MR) is 56.0 cm³/mol. The molecule has 1 heterocycles. The third kappa shape index (κ3) is 1.55. The Morgan fingerprint density at radius 1 is 1.36 bits per heavy atom. The van der Waals surface area contributed by atoms with Crippen molar-refractivity contribution in [3.8, 4) is 0 Å². The summed E-state index contributed by atoms with van der Waals surface area (Å²) in [7, 11) is 0. The van der Waals surface area contributed by atoms with Crippen LogP contribution in [0.5, 0.6) is 0 Å². The maximum atomic E-state index is 13.7. The van der Waals surface area contributed by atoms with Crippen LogP contribution in [0.1, 0.15) is 25.0 Å². The molecule has 1 aliphatic rings. The predicted octanol–water partition coefficient (Wildman–Crippen LogP) is 2.25. The Labute approximate surface area is 84.3 Å². The zero-order valence-corrected chi connectivity index (χ0v) is 8.73. The van der Waals surface area contributed by atoms with Crippen molar-refractivity contribution in [2.75, 3.05) is 13.1 Å². The summed E-state index contributed by atoms with van der Waals surface area (Å²) in [5, 5.41) is 3.34. The van der Waals surface area contributed by atoms with Crippen LogP contribution in [-0.2, 0) is 11.8 Å². The number of hydrogen-bond acceptors (Lipinski definition) is 1. The molecule has 1 aliphatic heterocycles. The number of rotatable bonds is 0. The minimum absolute atomic E-state index is 0.0591. The molecule has 0 saturated carbocycles. The first-order valence-electron chi connectivity index (χ1n) is 5.10. The van der Waals surface area contributed by atoms with E-state index in [9.17, 15) is 4.39 Å². The molecule has 0 saturated heterocycles.